The summed E-state index contributed by atoms with van der Waals surface area (Å²) in [4.78, 5) is 21.1. The maximum Gasteiger partial charge on any atom is 0.404 e. The smallest absolute Gasteiger partial charge is 0.404 e. The lowest BCUT2D eigenvalue weighted by atomic mass is 9.99. The van der Waals surface area contributed by atoms with Gasteiger partial charge in [-0.1, -0.05) is 18.2 Å². The van der Waals surface area contributed by atoms with Crippen LogP contribution in [0.25, 0.3) is 5.69 Å². The molecule has 13 heteroatoms. The van der Waals surface area contributed by atoms with Crippen molar-refractivity contribution in [1.29, 1.82) is 5.26 Å². The van der Waals surface area contributed by atoms with Crippen LogP contribution in [0.15, 0.2) is 55.0 Å². The van der Waals surface area contributed by atoms with Crippen molar-refractivity contribution in [1.82, 2.24) is 30.3 Å². The van der Waals surface area contributed by atoms with Crippen LogP contribution in [0.4, 0.5) is 30.9 Å². The fraction of sp³-hybridized carbons (Fsp3) is 0.167. The van der Waals surface area contributed by atoms with Crippen molar-refractivity contribution < 1.29 is 18.7 Å². The summed E-state index contributed by atoms with van der Waals surface area (Å²) in [7, 11) is 0. The van der Waals surface area contributed by atoms with Gasteiger partial charge in [0.25, 0.3) is 0 Å². The molecule has 3 aromatic heterocycles. The second kappa shape index (κ2) is 10.6. The maximum atomic E-state index is 15.0. The first-order chi connectivity index (χ1) is 17.8. The van der Waals surface area contributed by atoms with Crippen LogP contribution in [0.2, 0.25) is 0 Å². The highest BCUT2D eigenvalue weighted by Crippen LogP contribution is 2.29. The molecule has 188 valence electrons. The number of halogens is 2. The minimum atomic E-state index is -1.33. The van der Waals surface area contributed by atoms with Gasteiger partial charge in [-0.2, -0.15) is 15.5 Å². The Balaban J connectivity index is 1.71. The molecule has 1 amide bonds. The van der Waals surface area contributed by atoms with Gasteiger partial charge >= 0.3 is 6.09 Å². The topological polar surface area (TPSA) is 154 Å². The quantitative estimate of drug-likeness (QED) is 0.277. The summed E-state index contributed by atoms with van der Waals surface area (Å²) in [5.74, 6) is -1.81. The number of anilines is 3. The van der Waals surface area contributed by atoms with Gasteiger partial charge in [0.15, 0.2) is 17.5 Å². The summed E-state index contributed by atoms with van der Waals surface area (Å²) in [6, 6.07) is 8.36. The summed E-state index contributed by atoms with van der Waals surface area (Å²) < 4.78 is 29.6. The summed E-state index contributed by atoms with van der Waals surface area (Å²) in [6.45, 7) is 3.28. The fourth-order valence-electron chi connectivity index (χ4n) is 3.66. The van der Waals surface area contributed by atoms with Gasteiger partial charge in [-0.15, -0.1) is 4.80 Å². The standard InChI is InChI=1S/C24H21F2N9O2/c1-13-20(35-29-7-8-30-35)10-16(12-28-13)32-22-15(11-27)9-19(26)23(34-22)33-21(14(2)31-24(36)37)17-5-3-4-6-18(17)25/h3-10,12,14,21,31H,1-2H3,(H,36,37)(H2,32,33,34)/t14-,21-/m0/s1. The minimum absolute atomic E-state index is 0.00237. The molecule has 0 aliphatic carbocycles. The lowest BCUT2D eigenvalue weighted by Gasteiger charge is -2.27. The van der Waals surface area contributed by atoms with Gasteiger partial charge in [0.2, 0.25) is 0 Å². The molecular formula is C24H21F2N9O2. The molecule has 2 atom stereocenters. The molecule has 0 bridgehead atoms. The number of pyridine rings is 2. The van der Waals surface area contributed by atoms with E-state index in [1.165, 1.54) is 48.5 Å². The van der Waals surface area contributed by atoms with Crippen molar-refractivity contribution in [3.05, 3.63) is 83.4 Å². The van der Waals surface area contributed by atoms with Gasteiger partial charge in [-0.25, -0.2) is 18.6 Å². The highest BCUT2D eigenvalue weighted by Gasteiger charge is 2.26. The van der Waals surface area contributed by atoms with E-state index in [9.17, 15) is 23.9 Å². The van der Waals surface area contributed by atoms with E-state index in [1.807, 2.05) is 6.07 Å². The summed E-state index contributed by atoms with van der Waals surface area (Å²) in [6.07, 6.45) is 3.20. The van der Waals surface area contributed by atoms with Crippen molar-refractivity contribution in [3.63, 3.8) is 0 Å². The normalized spacial score (nSPS) is 12.3. The zero-order valence-electron chi connectivity index (χ0n) is 19.6. The summed E-state index contributed by atoms with van der Waals surface area (Å²) in [5, 5.41) is 34.9. The zero-order chi connectivity index (χ0) is 26.5. The molecule has 0 unspecified atom stereocenters. The molecule has 0 aliphatic rings. The summed E-state index contributed by atoms with van der Waals surface area (Å²) >= 11 is 0. The van der Waals surface area contributed by atoms with Crippen LogP contribution < -0.4 is 16.0 Å². The Morgan fingerprint density at radius 1 is 1.14 bits per heavy atom. The van der Waals surface area contributed by atoms with Crippen molar-refractivity contribution in [3.8, 4) is 11.8 Å². The lowest BCUT2D eigenvalue weighted by Crippen LogP contribution is -2.39. The van der Waals surface area contributed by atoms with Gasteiger partial charge in [0.05, 0.1) is 47.6 Å². The van der Waals surface area contributed by atoms with Crippen LogP contribution in [0.1, 0.15) is 29.8 Å². The monoisotopic (exact) mass is 505 g/mol. The zero-order valence-corrected chi connectivity index (χ0v) is 19.6. The van der Waals surface area contributed by atoms with Crippen LogP contribution in [-0.4, -0.2) is 42.2 Å². The van der Waals surface area contributed by atoms with Crippen molar-refractivity contribution >= 4 is 23.4 Å². The van der Waals surface area contributed by atoms with E-state index in [1.54, 1.807) is 19.1 Å². The molecule has 3 heterocycles. The van der Waals surface area contributed by atoms with Crippen LogP contribution >= 0.6 is 0 Å². The molecule has 11 nitrogen and oxygen atoms in total. The van der Waals surface area contributed by atoms with E-state index in [0.29, 0.717) is 17.1 Å². The Bertz CT molecular complexity index is 1470. The first-order valence-corrected chi connectivity index (χ1v) is 11.0. The number of nitriles is 1. The van der Waals surface area contributed by atoms with E-state index in [2.05, 4.69) is 36.1 Å². The Labute approximate surface area is 209 Å². The molecule has 0 radical (unpaired) electrons. The van der Waals surface area contributed by atoms with Gasteiger partial charge in [-0.3, -0.25) is 4.98 Å². The number of nitrogens with one attached hydrogen (secondary N) is 3. The van der Waals surface area contributed by atoms with Crippen molar-refractivity contribution in [2.75, 3.05) is 10.6 Å². The number of carbonyl (C=O) groups is 1. The largest absolute Gasteiger partial charge is 0.465 e. The average Bonchev–Trinajstić information content (AvgIpc) is 3.40. The van der Waals surface area contributed by atoms with Crippen molar-refractivity contribution in [2.24, 2.45) is 0 Å². The average molecular weight is 505 g/mol. The van der Waals surface area contributed by atoms with Crippen molar-refractivity contribution in [2.45, 2.75) is 25.9 Å². The second-order valence-electron chi connectivity index (χ2n) is 7.98. The number of rotatable bonds is 8. The Kier molecular flexibility index (Phi) is 7.19. The molecular weight excluding hydrogens is 484 g/mol. The molecule has 0 aliphatic heterocycles. The molecule has 0 saturated heterocycles. The first kappa shape index (κ1) is 25.0. The number of aromatic nitrogens is 5. The van der Waals surface area contributed by atoms with E-state index >= 15 is 0 Å². The fourth-order valence-corrected chi connectivity index (χ4v) is 3.66. The number of hydrogen-bond donors (Lipinski definition) is 4. The molecule has 1 aromatic carbocycles. The minimum Gasteiger partial charge on any atom is -0.465 e. The lowest BCUT2D eigenvalue weighted by molar-refractivity contribution is 0.189. The Morgan fingerprint density at radius 3 is 2.54 bits per heavy atom. The maximum absolute atomic E-state index is 15.0. The third kappa shape index (κ3) is 5.59. The molecule has 37 heavy (non-hydrogen) atoms. The van der Waals surface area contributed by atoms with Crippen LogP contribution in [0, 0.1) is 29.9 Å². The molecule has 4 rings (SSSR count). The third-order valence-corrected chi connectivity index (χ3v) is 5.44. The van der Waals surface area contributed by atoms with E-state index < -0.39 is 29.8 Å². The summed E-state index contributed by atoms with van der Waals surface area (Å²) in [5.41, 5.74) is 1.64. The van der Waals surface area contributed by atoms with E-state index in [0.717, 1.165) is 6.07 Å². The van der Waals surface area contributed by atoms with E-state index in [4.69, 9.17) is 0 Å². The molecule has 0 saturated carbocycles. The SMILES string of the molecule is Cc1ncc(Nc2nc(N[C@H](c3ccccc3F)[C@H](C)NC(=O)O)c(F)cc2C#N)cc1-n1nccn1. The molecule has 4 N–H and O–H groups in total. The van der Waals surface area contributed by atoms with Gasteiger partial charge in [-0.05, 0) is 32.0 Å². The number of carboxylic acid groups (broad SMARTS) is 1. The van der Waals surface area contributed by atoms with Crippen LogP contribution in [-0.2, 0) is 0 Å². The van der Waals surface area contributed by atoms with Gasteiger partial charge in [0.1, 0.15) is 17.6 Å². The van der Waals surface area contributed by atoms with Crippen LogP contribution in [0.3, 0.4) is 0 Å². The Morgan fingerprint density at radius 2 is 1.86 bits per heavy atom. The molecule has 0 fully saturated rings. The van der Waals surface area contributed by atoms with E-state index in [-0.39, 0.29) is 22.8 Å². The van der Waals surface area contributed by atoms with Crippen LogP contribution in [0.5, 0.6) is 0 Å². The van der Waals surface area contributed by atoms with Gasteiger partial charge < -0.3 is 21.1 Å². The number of nitrogens with zero attached hydrogens (tertiary/aromatic N) is 6. The molecule has 4 aromatic rings. The predicted molar refractivity (Wildman–Crippen MR) is 129 cm³/mol. The van der Waals surface area contributed by atoms with Gasteiger partial charge in [0, 0.05) is 5.56 Å². The third-order valence-electron chi connectivity index (χ3n) is 5.44. The second-order valence-corrected chi connectivity index (χ2v) is 7.98. The number of aryl methyl sites for hydroxylation is 1. The molecule has 0 spiro atoms. The first-order valence-electron chi connectivity index (χ1n) is 11.0. The number of benzene rings is 1. The Hall–Kier alpha value is -5.12. The number of hydrogen-bond acceptors (Lipinski definition) is 8. The highest BCUT2D eigenvalue weighted by molar-refractivity contribution is 5.67. The highest BCUT2D eigenvalue weighted by atomic mass is 19.1. The number of amides is 1. The predicted octanol–water partition coefficient (Wildman–Crippen LogP) is 4.07.